The second kappa shape index (κ2) is 5.13. The average molecular weight is 239 g/mol. The summed E-state index contributed by atoms with van der Waals surface area (Å²) in [5, 5.41) is 9.00. The number of hydrogen-bond donors (Lipinski definition) is 3. The van der Waals surface area contributed by atoms with Crippen LogP contribution < -0.4 is 16.6 Å². The van der Waals surface area contributed by atoms with E-state index in [1.165, 1.54) is 0 Å². The minimum absolute atomic E-state index is 0.188. The number of nitrogens with one attached hydrogen (secondary N) is 3. The number of aromatic amines is 2. The summed E-state index contributed by atoms with van der Waals surface area (Å²) in [6, 6.07) is 0.211. The van der Waals surface area contributed by atoms with Crippen molar-refractivity contribution in [1.82, 2.24) is 20.1 Å². The maximum atomic E-state index is 11.5. The van der Waals surface area contributed by atoms with Gasteiger partial charge in [-0.2, -0.15) is 0 Å². The van der Waals surface area contributed by atoms with Crippen LogP contribution in [0, 0.1) is 0 Å². The molecule has 1 fully saturated rings. The lowest BCUT2D eigenvalue weighted by Gasteiger charge is -2.32. The molecule has 1 aliphatic rings. The fraction of sp³-hybridized carbons (Fsp3) is 0.700. The van der Waals surface area contributed by atoms with Crippen molar-refractivity contribution >= 4 is 5.82 Å². The molecule has 0 radical (unpaired) electrons. The van der Waals surface area contributed by atoms with Crippen LogP contribution in [-0.2, 0) is 0 Å². The van der Waals surface area contributed by atoms with Crippen molar-refractivity contribution < 1.29 is 0 Å². The molecule has 2 heterocycles. The molecule has 1 atom stereocenters. The van der Waals surface area contributed by atoms with E-state index >= 15 is 0 Å². The molecule has 94 valence electrons. The zero-order valence-corrected chi connectivity index (χ0v) is 9.82. The number of H-pyrrole nitrogens is 2. The molecule has 7 nitrogen and oxygen atoms in total. The topological polar surface area (TPSA) is 93.9 Å². The van der Waals surface area contributed by atoms with Gasteiger partial charge < -0.3 is 10.2 Å². The standard InChI is InChI=1S/C10H17N5O2/c1-2-15-5-3-4-7(6-15)11-8-9(16)12-10(17)14-13-8/h7H,2-6H2,1H3,(H,11,13)(H2,12,14,16,17). The van der Waals surface area contributed by atoms with Gasteiger partial charge in [-0.05, 0) is 25.9 Å². The first-order chi connectivity index (χ1) is 8.19. The van der Waals surface area contributed by atoms with E-state index in [1.54, 1.807) is 0 Å². The van der Waals surface area contributed by atoms with Crippen molar-refractivity contribution in [2.45, 2.75) is 25.8 Å². The van der Waals surface area contributed by atoms with Gasteiger partial charge in [0.1, 0.15) is 0 Å². The number of aromatic nitrogens is 3. The SMILES string of the molecule is CCN1CCCC(Nc2n[nH]c(=O)[nH]c2=O)C1. The van der Waals surface area contributed by atoms with Crippen LogP contribution in [0.15, 0.2) is 9.59 Å². The molecule has 0 aromatic carbocycles. The van der Waals surface area contributed by atoms with E-state index < -0.39 is 11.2 Å². The second-order valence-electron chi connectivity index (χ2n) is 4.23. The highest BCUT2D eigenvalue weighted by Crippen LogP contribution is 2.11. The van der Waals surface area contributed by atoms with Gasteiger partial charge in [-0.3, -0.25) is 9.78 Å². The van der Waals surface area contributed by atoms with Crippen molar-refractivity contribution in [1.29, 1.82) is 0 Å². The molecule has 3 N–H and O–H groups in total. The third-order valence-corrected chi connectivity index (χ3v) is 3.00. The Balaban J connectivity index is 2.05. The fourth-order valence-electron chi connectivity index (χ4n) is 2.10. The highest BCUT2D eigenvalue weighted by molar-refractivity contribution is 5.30. The highest BCUT2D eigenvalue weighted by Gasteiger charge is 2.19. The van der Waals surface area contributed by atoms with Gasteiger partial charge in [0, 0.05) is 12.6 Å². The minimum atomic E-state index is -0.584. The average Bonchev–Trinajstić information content (AvgIpc) is 2.33. The predicted molar refractivity (Wildman–Crippen MR) is 64.2 cm³/mol. The molecule has 1 aliphatic heterocycles. The van der Waals surface area contributed by atoms with Crippen molar-refractivity contribution in [3.05, 3.63) is 20.8 Å². The van der Waals surface area contributed by atoms with Gasteiger partial charge in [-0.15, -0.1) is 5.10 Å². The van der Waals surface area contributed by atoms with E-state index in [0.717, 1.165) is 32.5 Å². The van der Waals surface area contributed by atoms with E-state index in [4.69, 9.17) is 0 Å². The monoisotopic (exact) mass is 239 g/mol. The Morgan fingerprint density at radius 2 is 2.35 bits per heavy atom. The maximum absolute atomic E-state index is 11.5. The van der Waals surface area contributed by atoms with E-state index in [1.807, 2.05) is 0 Å². The Labute approximate surface area is 98.2 Å². The van der Waals surface area contributed by atoms with Crippen LogP contribution >= 0.6 is 0 Å². The summed E-state index contributed by atoms with van der Waals surface area (Å²) in [6.07, 6.45) is 2.11. The van der Waals surface area contributed by atoms with Gasteiger partial charge in [-0.1, -0.05) is 6.92 Å². The molecule has 1 aromatic rings. The van der Waals surface area contributed by atoms with E-state index in [2.05, 4.69) is 32.3 Å². The lowest BCUT2D eigenvalue weighted by molar-refractivity contribution is 0.226. The fourth-order valence-corrected chi connectivity index (χ4v) is 2.10. The molecule has 7 heteroatoms. The Hall–Kier alpha value is -1.63. The largest absolute Gasteiger partial charge is 0.360 e. The first-order valence-electron chi connectivity index (χ1n) is 5.87. The van der Waals surface area contributed by atoms with Crippen molar-refractivity contribution in [2.75, 3.05) is 25.0 Å². The summed E-state index contributed by atoms with van der Waals surface area (Å²) < 4.78 is 0. The van der Waals surface area contributed by atoms with Crippen LogP contribution in [0.1, 0.15) is 19.8 Å². The van der Waals surface area contributed by atoms with Crippen LogP contribution in [0.2, 0.25) is 0 Å². The number of rotatable bonds is 3. The Bertz CT molecular complexity index is 480. The summed E-state index contributed by atoms with van der Waals surface area (Å²) in [5.74, 6) is 0.188. The van der Waals surface area contributed by atoms with Gasteiger partial charge in [-0.25, -0.2) is 9.89 Å². The van der Waals surface area contributed by atoms with E-state index in [0.29, 0.717) is 0 Å². The third-order valence-electron chi connectivity index (χ3n) is 3.00. The van der Waals surface area contributed by atoms with Crippen LogP contribution in [-0.4, -0.2) is 45.8 Å². The number of likely N-dealkylation sites (tertiary alicyclic amines) is 1. The molecule has 17 heavy (non-hydrogen) atoms. The summed E-state index contributed by atoms with van der Waals surface area (Å²) in [4.78, 5) is 26.7. The van der Waals surface area contributed by atoms with Gasteiger partial charge in [0.15, 0.2) is 0 Å². The molecule has 0 saturated carbocycles. The van der Waals surface area contributed by atoms with E-state index in [9.17, 15) is 9.59 Å². The molecule has 1 unspecified atom stereocenters. The first-order valence-corrected chi connectivity index (χ1v) is 5.87. The van der Waals surface area contributed by atoms with Crippen LogP contribution in [0.5, 0.6) is 0 Å². The van der Waals surface area contributed by atoms with E-state index in [-0.39, 0.29) is 11.9 Å². The summed E-state index contributed by atoms with van der Waals surface area (Å²) in [7, 11) is 0. The number of hydrogen-bond acceptors (Lipinski definition) is 5. The number of anilines is 1. The molecule has 2 rings (SSSR count). The molecule has 0 bridgehead atoms. The van der Waals surface area contributed by atoms with Gasteiger partial charge in [0.05, 0.1) is 0 Å². The quantitative estimate of drug-likeness (QED) is 0.652. The van der Waals surface area contributed by atoms with Crippen LogP contribution in [0.3, 0.4) is 0 Å². The number of likely N-dealkylation sites (N-methyl/N-ethyl adjacent to an activating group) is 1. The van der Waals surface area contributed by atoms with Crippen LogP contribution in [0.4, 0.5) is 5.82 Å². The van der Waals surface area contributed by atoms with Gasteiger partial charge in [0.2, 0.25) is 5.82 Å². The zero-order chi connectivity index (χ0) is 12.3. The smallest absolute Gasteiger partial charge is 0.342 e. The molecule has 1 saturated heterocycles. The Morgan fingerprint density at radius 1 is 1.53 bits per heavy atom. The second-order valence-corrected chi connectivity index (χ2v) is 4.23. The van der Waals surface area contributed by atoms with Gasteiger partial charge in [0.25, 0.3) is 5.56 Å². The molecular formula is C10H17N5O2. The zero-order valence-electron chi connectivity index (χ0n) is 9.82. The molecule has 1 aromatic heterocycles. The van der Waals surface area contributed by atoms with Crippen molar-refractivity contribution in [3.63, 3.8) is 0 Å². The van der Waals surface area contributed by atoms with Crippen molar-refractivity contribution in [2.24, 2.45) is 0 Å². The van der Waals surface area contributed by atoms with Crippen LogP contribution in [0.25, 0.3) is 0 Å². The molecule has 0 aliphatic carbocycles. The number of piperidine rings is 1. The Morgan fingerprint density at radius 3 is 3.06 bits per heavy atom. The summed E-state index contributed by atoms with van der Waals surface area (Å²) in [5.41, 5.74) is -1.05. The normalized spacial score (nSPS) is 21.4. The minimum Gasteiger partial charge on any atom is -0.360 e. The highest BCUT2D eigenvalue weighted by atomic mass is 16.2. The lowest BCUT2D eigenvalue weighted by atomic mass is 10.1. The van der Waals surface area contributed by atoms with Gasteiger partial charge >= 0.3 is 5.69 Å². The molecule has 0 amide bonds. The first kappa shape index (κ1) is 11.8. The third kappa shape index (κ3) is 2.94. The molecular weight excluding hydrogens is 222 g/mol. The summed E-state index contributed by atoms with van der Waals surface area (Å²) in [6.45, 7) is 5.13. The summed E-state index contributed by atoms with van der Waals surface area (Å²) >= 11 is 0. The Kier molecular flexibility index (Phi) is 3.58. The maximum Gasteiger partial charge on any atom is 0.342 e. The number of nitrogens with zero attached hydrogens (tertiary/aromatic N) is 2. The predicted octanol–water partition coefficient (Wildman–Crippen LogP) is -0.646. The molecule has 0 spiro atoms. The lowest BCUT2D eigenvalue weighted by Crippen LogP contribution is -2.43. The van der Waals surface area contributed by atoms with Crippen molar-refractivity contribution in [3.8, 4) is 0 Å².